The van der Waals surface area contributed by atoms with Gasteiger partial charge in [0.2, 0.25) is 0 Å². The predicted octanol–water partition coefficient (Wildman–Crippen LogP) is 2.87. The summed E-state index contributed by atoms with van der Waals surface area (Å²) in [5.41, 5.74) is 0.770. The third kappa shape index (κ3) is 2.05. The summed E-state index contributed by atoms with van der Waals surface area (Å²) in [6, 6.07) is 5.46. The zero-order valence-electron chi connectivity index (χ0n) is 7.13. The van der Waals surface area contributed by atoms with Crippen LogP contribution in [0.5, 0.6) is 5.75 Å². The fraction of sp³-hybridized carbons (Fsp3) is 0.333. The fourth-order valence-corrected chi connectivity index (χ4v) is 1.12. The first kappa shape index (κ1) is 9.20. The molecule has 0 radical (unpaired) electrons. The minimum absolute atomic E-state index is 0.113. The lowest BCUT2D eigenvalue weighted by molar-refractivity contribution is 0.476. The van der Waals surface area contributed by atoms with Crippen molar-refractivity contribution in [2.75, 3.05) is 5.32 Å². The second-order valence-corrected chi connectivity index (χ2v) is 3.32. The molecule has 0 fully saturated rings. The molecule has 0 atom stereocenters. The Kier molecular flexibility index (Phi) is 2.82. The van der Waals surface area contributed by atoms with Gasteiger partial charge < -0.3 is 10.4 Å². The van der Waals surface area contributed by atoms with E-state index in [1.54, 1.807) is 12.1 Å². The van der Waals surface area contributed by atoms with Crippen molar-refractivity contribution in [2.45, 2.75) is 19.9 Å². The lowest BCUT2D eigenvalue weighted by atomic mass is 10.2. The predicted molar refractivity (Wildman–Crippen MR) is 51.9 cm³/mol. The Balaban J connectivity index is 2.92. The van der Waals surface area contributed by atoms with Crippen molar-refractivity contribution in [3.05, 3.63) is 23.2 Å². The van der Waals surface area contributed by atoms with Crippen LogP contribution in [-0.2, 0) is 0 Å². The Hall–Kier alpha value is -0.890. The van der Waals surface area contributed by atoms with E-state index in [1.165, 1.54) is 0 Å². The molecule has 3 heteroatoms. The van der Waals surface area contributed by atoms with Gasteiger partial charge >= 0.3 is 0 Å². The van der Waals surface area contributed by atoms with Gasteiger partial charge in [-0.05, 0) is 26.0 Å². The first-order valence-corrected chi connectivity index (χ1v) is 4.23. The van der Waals surface area contributed by atoms with E-state index in [0.717, 1.165) is 5.69 Å². The minimum Gasteiger partial charge on any atom is -0.506 e. The largest absolute Gasteiger partial charge is 0.506 e. The minimum atomic E-state index is 0.113. The second kappa shape index (κ2) is 3.68. The number of rotatable bonds is 2. The molecule has 0 aromatic heterocycles. The molecule has 1 aromatic carbocycles. The Morgan fingerprint density at radius 3 is 2.67 bits per heavy atom. The highest BCUT2D eigenvalue weighted by Gasteiger charge is 2.04. The lowest BCUT2D eigenvalue weighted by Gasteiger charge is -2.11. The molecule has 0 aliphatic rings. The Bertz CT molecular complexity index is 273. The number of halogens is 1. The Morgan fingerprint density at radius 1 is 1.42 bits per heavy atom. The average molecular weight is 186 g/mol. The molecule has 0 amide bonds. The van der Waals surface area contributed by atoms with E-state index >= 15 is 0 Å². The monoisotopic (exact) mass is 185 g/mol. The van der Waals surface area contributed by atoms with Crippen LogP contribution in [-0.4, -0.2) is 11.1 Å². The van der Waals surface area contributed by atoms with Crippen LogP contribution in [0.3, 0.4) is 0 Å². The van der Waals surface area contributed by atoms with Crippen molar-refractivity contribution in [1.29, 1.82) is 0 Å². The molecule has 66 valence electrons. The number of phenols is 1. The van der Waals surface area contributed by atoms with Crippen LogP contribution >= 0.6 is 11.6 Å². The maximum atomic E-state index is 9.24. The summed E-state index contributed by atoms with van der Waals surface area (Å²) in [5, 5.41) is 12.7. The summed E-state index contributed by atoms with van der Waals surface area (Å²) in [6.45, 7) is 4.03. The van der Waals surface area contributed by atoms with Gasteiger partial charge in [-0.15, -0.1) is 0 Å². The van der Waals surface area contributed by atoms with Crippen LogP contribution in [0, 0.1) is 0 Å². The number of aromatic hydroxyl groups is 1. The van der Waals surface area contributed by atoms with Crippen molar-refractivity contribution in [3.63, 3.8) is 0 Å². The van der Waals surface area contributed by atoms with Gasteiger partial charge in [0.15, 0.2) is 0 Å². The number of hydrogen-bond donors (Lipinski definition) is 2. The molecule has 2 nitrogen and oxygen atoms in total. The highest BCUT2D eigenvalue weighted by molar-refractivity contribution is 6.34. The lowest BCUT2D eigenvalue weighted by Crippen LogP contribution is -2.09. The number of anilines is 1. The third-order valence-corrected chi connectivity index (χ3v) is 1.82. The van der Waals surface area contributed by atoms with Crippen molar-refractivity contribution < 1.29 is 5.11 Å². The van der Waals surface area contributed by atoms with Crippen molar-refractivity contribution in [3.8, 4) is 5.75 Å². The van der Waals surface area contributed by atoms with E-state index in [9.17, 15) is 5.11 Å². The van der Waals surface area contributed by atoms with E-state index in [2.05, 4.69) is 5.32 Å². The van der Waals surface area contributed by atoms with Crippen molar-refractivity contribution >= 4 is 17.3 Å². The average Bonchev–Trinajstić information content (AvgIpc) is 1.98. The molecule has 0 saturated carbocycles. The molecule has 0 bridgehead atoms. The van der Waals surface area contributed by atoms with Gasteiger partial charge in [0.1, 0.15) is 10.8 Å². The molecular formula is C9H12ClNO. The van der Waals surface area contributed by atoms with Crippen LogP contribution in [0.25, 0.3) is 0 Å². The summed E-state index contributed by atoms with van der Waals surface area (Å²) in [6.07, 6.45) is 0. The fourth-order valence-electron chi connectivity index (χ4n) is 0.942. The summed E-state index contributed by atoms with van der Waals surface area (Å²) >= 11 is 5.82. The number of benzene rings is 1. The van der Waals surface area contributed by atoms with Gasteiger partial charge in [-0.1, -0.05) is 17.7 Å². The first-order valence-electron chi connectivity index (χ1n) is 3.85. The quantitative estimate of drug-likeness (QED) is 0.743. The van der Waals surface area contributed by atoms with Crippen molar-refractivity contribution in [2.24, 2.45) is 0 Å². The van der Waals surface area contributed by atoms with E-state index in [1.807, 2.05) is 19.9 Å². The summed E-state index contributed by atoms with van der Waals surface area (Å²) in [5.74, 6) is 0.113. The highest BCUT2D eigenvalue weighted by atomic mass is 35.5. The van der Waals surface area contributed by atoms with E-state index < -0.39 is 0 Å². The third-order valence-electron chi connectivity index (χ3n) is 1.42. The van der Waals surface area contributed by atoms with Gasteiger partial charge in [-0.3, -0.25) is 0 Å². The molecule has 0 spiro atoms. The molecule has 0 saturated heterocycles. The van der Waals surface area contributed by atoms with Gasteiger partial charge in [0.05, 0.1) is 5.69 Å². The molecule has 0 aliphatic carbocycles. The van der Waals surface area contributed by atoms with Crippen LogP contribution in [0.4, 0.5) is 5.69 Å². The number of nitrogens with one attached hydrogen (secondary N) is 1. The molecule has 1 aromatic rings. The summed E-state index contributed by atoms with van der Waals surface area (Å²) < 4.78 is 0. The maximum absolute atomic E-state index is 9.24. The van der Waals surface area contributed by atoms with Gasteiger partial charge in [-0.25, -0.2) is 0 Å². The van der Waals surface area contributed by atoms with E-state index in [-0.39, 0.29) is 5.75 Å². The molecule has 12 heavy (non-hydrogen) atoms. The van der Waals surface area contributed by atoms with Crippen LogP contribution in [0.15, 0.2) is 18.2 Å². The number of phenolic OH excluding ortho intramolecular Hbond substituents is 1. The van der Waals surface area contributed by atoms with E-state index in [4.69, 9.17) is 11.6 Å². The first-order chi connectivity index (χ1) is 5.61. The van der Waals surface area contributed by atoms with Gasteiger partial charge in [0, 0.05) is 6.04 Å². The Morgan fingerprint density at radius 2 is 2.08 bits per heavy atom. The molecule has 0 heterocycles. The second-order valence-electron chi connectivity index (χ2n) is 2.94. The van der Waals surface area contributed by atoms with Crippen LogP contribution < -0.4 is 5.32 Å². The number of hydrogen-bond acceptors (Lipinski definition) is 2. The molecule has 0 unspecified atom stereocenters. The normalized spacial score (nSPS) is 10.3. The van der Waals surface area contributed by atoms with Crippen LogP contribution in [0.1, 0.15) is 13.8 Å². The molecular weight excluding hydrogens is 174 g/mol. The SMILES string of the molecule is CC(C)Nc1cccc(O)c1Cl. The molecule has 1 rings (SSSR count). The molecule has 2 N–H and O–H groups in total. The standard InChI is InChI=1S/C9H12ClNO/c1-6(2)11-7-4-3-5-8(12)9(7)10/h3-6,11-12H,1-2H3. The summed E-state index contributed by atoms with van der Waals surface area (Å²) in [4.78, 5) is 0. The maximum Gasteiger partial charge on any atom is 0.136 e. The topological polar surface area (TPSA) is 32.3 Å². The van der Waals surface area contributed by atoms with Gasteiger partial charge in [0.25, 0.3) is 0 Å². The molecule has 0 aliphatic heterocycles. The summed E-state index contributed by atoms with van der Waals surface area (Å²) in [7, 11) is 0. The zero-order valence-corrected chi connectivity index (χ0v) is 7.89. The Labute approximate surface area is 77.2 Å². The smallest absolute Gasteiger partial charge is 0.136 e. The van der Waals surface area contributed by atoms with Crippen LogP contribution in [0.2, 0.25) is 5.02 Å². The zero-order chi connectivity index (χ0) is 9.14. The highest BCUT2D eigenvalue weighted by Crippen LogP contribution is 2.30. The van der Waals surface area contributed by atoms with Crippen molar-refractivity contribution in [1.82, 2.24) is 0 Å². The van der Waals surface area contributed by atoms with E-state index in [0.29, 0.717) is 11.1 Å². The van der Waals surface area contributed by atoms with Gasteiger partial charge in [-0.2, -0.15) is 0 Å².